The maximum atomic E-state index is 3.51. The summed E-state index contributed by atoms with van der Waals surface area (Å²) in [5.74, 6) is 0. The van der Waals surface area contributed by atoms with E-state index in [2.05, 4.69) is 51.2 Å². The lowest BCUT2D eigenvalue weighted by Crippen LogP contribution is -2.14. The molecule has 0 bridgehead atoms. The van der Waals surface area contributed by atoms with Crippen molar-refractivity contribution in [1.82, 2.24) is 0 Å². The predicted molar refractivity (Wildman–Crippen MR) is 63.9 cm³/mol. The van der Waals surface area contributed by atoms with Crippen molar-refractivity contribution in [3.05, 3.63) is 29.3 Å². The first kappa shape index (κ1) is 11.1. The first-order valence-corrected chi connectivity index (χ1v) is 5.47. The highest BCUT2D eigenvalue weighted by Gasteiger charge is 2.01. The van der Waals surface area contributed by atoms with E-state index < -0.39 is 0 Å². The van der Waals surface area contributed by atoms with Gasteiger partial charge in [-0.2, -0.15) is 0 Å². The average molecular weight is 191 g/mol. The zero-order valence-corrected chi connectivity index (χ0v) is 9.72. The van der Waals surface area contributed by atoms with Crippen LogP contribution in [0.3, 0.4) is 0 Å². The van der Waals surface area contributed by atoms with Gasteiger partial charge in [0.05, 0.1) is 0 Å². The molecule has 78 valence electrons. The van der Waals surface area contributed by atoms with Gasteiger partial charge in [-0.3, -0.25) is 0 Å². The van der Waals surface area contributed by atoms with Crippen LogP contribution in [-0.4, -0.2) is 6.04 Å². The number of aryl methyl sites for hydroxylation is 2. The van der Waals surface area contributed by atoms with Crippen LogP contribution in [0.15, 0.2) is 18.2 Å². The number of hydrogen-bond donors (Lipinski definition) is 1. The SMILES string of the molecule is CCC[C@H](C)Nc1ccc(C)c(C)c1. The van der Waals surface area contributed by atoms with E-state index in [1.165, 1.54) is 29.7 Å². The van der Waals surface area contributed by atoms with Gasteiger partial charge in [0.15, 0.2) is 0 Å². The molecule has 1 aromatic rings. The molecule has 0 aromatic heterocycles. The molecule has 0 heterocycles. The van der Waals surface area contributed by atoms with Crippen molar-refractivity contribution in [2.24, 2.45) is 0 Å². The van der Waals surface area contributed by atoms with Gasteiger partial charge in [-0.15, -0.1) is 0 Å². The molecule has 0 aliphatic carbocycles. The van der Waals surface area contributed by atoms with Gasteiger partial charge in [0.1, 0.15) is 0 Å². The Morgan fingerprint density at radius 3 is 2.50 bits per heavy atom. The second kappa shape index (κ2) is 5.04. The van der Waals surface area contributed by atoms with E-state index in [1.54, 1.807) is 0 Å². The highest BCUT2D eigenvalue weighted by molar-refractivity contribution is 5.48. The first-order valence-electron chi connectivity index (χ1n) is 5.47. The van der Waals surface area contributed by atoms with E-state index in [0.29, 0.717) is 6.04 Å². The Bertz CT molecular complexity index is 291. The van der Waals surface area contributed by atoms with Crippen molar-refractivity contribution in [2.75, 3.05) is 5.32 Å². The first-order chi connectivity index (χ1) is 6.63. The molecule has 0 saturated heterocycles. The van der Waals surface area contributed by atoms with Crippen LogP contribution in [0.1, 0.15) is 37.8 Å². The summed E-state index contributed by atoms with van der Waals surface area (Å²) in [7, 11) is 0. The third kappa shape index (κ3) is 3.06. The quantitative estimate of drug-likeness (QED) is 0.761. The second-order valence-corrected chi connectivity index (χ2v) is 4.13. The molecule has 1 aromatic carbocycles. The van der Waals surface area contributed by atoms with E-state index in [1.807, 2.05) is 0 Å². The Kier molecular flexibility index (Phi) is 3.99. The molecule has 1 atom stereocenters. The van der Waals surface area contributed by atoms with Gasteiger partial charge >= 0.3 is 0 Å². The van der Waals surface area contributed by atoms with Crippen LogP contribution >= 0.6 is 0 Å². The van der Waals surface area contributed by atoms with Gasteiger partial charge in [-0.05, 0) is 50.5 Å². The summed E-state index contributed by atoms with van der Waals surface area (Å²) in [5.41, 5.74) is 3.96. The van der Waals surface area contributed by atoms with E-state index in [9.17, 15) is 0 Å². The molecule has 14 heavy (non-hydrogen) atoms. The van der Waals surface area contributed by atoms with Crippen molar-refractivity contribution in [2.45, 2.75) is 46.6 Å². The van der Waals surface area contributed by atoms with Crippen molar-refractivity contribution in [1.29, 1.82) is 0 Å². The fraction of sp³-hybridized carbons (Fsp3) is 0.538. The maximum Gasteiger partial charge on any atom is 0.0345 e. The molecule has 1 nitrogen and oxygen atoms in total. The third-order valence-corrected chi connectivity index (χ3v) is 2.64. The molecule has 0 spiro atoms. The summed E-state index contributed by atoms with van der Waals surface area (Å²) < 4.78 is 0. The van der Waals surface area contributed by atoms with Crippen molar-refractivity contribution in [3.63, 3.8) is 0 Å². The van der Waals surface area contributed by atoms with Crippen LogP contribution in [0.5, 0.6) is 0 Å². The van der Waals surface area contributed by atoms with Gasteiger partial charge in [-0.25, -0.2) is 0 Å². The Morgan fingerprint density at radius 2 is 1.93 bits per heavy atom. The van der Waals surface area contributed by atoms with Gasteiger partial charge in [-0.1, -0.05) is 19.4 Å². The fourth-order valence-corrected chi connectivity index (χ4v) is 1.62. The second-order valence-electron chi connectivity index (χ2n) is 4.13. The molecule has 0 aliphatic heterocycles. The number of anilines is 1. The summed E-state index contributed by atoms with van der Waals surface area (Å²) in [5, 5.41) is 3.51. The van der Waals surface area contributed by atoms with Crippen LogP contribution in [0.2, 0.25) is 0 Å². The lowest BCUT2D eigenvalue weighted by molar-refractivity contribution is 0.690. The van der Waals surface area contributed by atoms with Crippen molar-refractivity contribution in [3.8, 4) is 0 Å². The average Bonchev–Trinajstić information content (AvgIpc) is 2.12. The van der Waals surface area contributed by atoms with Crippen LogP contribution in [0.4, 0.5) is 5.69 Å². The standard InChI is InChI=1S/C13H21N/c1-5-6-12(4)14-13-8-7-10(2)11(3)9-13/h7-9,12,14H,5-6H2,1-4H3/t12-/m0/s1. The van der Waals surface area contributed by atoms with Crippen molar-refractivity contribution >= 4 is 5.69 Å². The number of hydrogen-bond acceptors (Lipinski definition) is 1. The van der Waals surface area contributed by atoms with Crippen LogP contribution < -0.4 is 5.32 Å². The monoisotopic (exact) mass is 191 g/mol. The lowest BCUT2D eigenvalue weighted by Gasteiger charge is -2.15. The normalized spacial score (nSPS) is 12.6. The molecule has 0 amide bonds. The molecular weight excluding hydrogens is 170 g/mol. The minimum atomic E-state index is 0.571. The minimum absolute atomic E-state index is 0.571. The summed E-state index contributed by atoms with van der Waals surface area (Å²) in [6, 6.07) is 7.13. The summed E-state index contributed by atoms with van der Waals surface area (Å²) in [6.45, 7) is 8.76. The summed E-state index contributed by atoms with van der Waals surface area (Å²) >= 11 is 0. The fourth-order valence-electron chi connectivity index (χ4n) is 1.62. The van der Waals surface area contributed by atoms with Gasteiger partial charge in [0.25, 0.3) is 0 Å². The Labute approximate surface area is 87.5 Å². The molecule has 0 aliphatic rings. The number of rotatable bonds is 4. The predicted octanol–water partition coefficient (Wildman–Crippen LogP) is 3.90. The summed E-state index contributed by atoms with van der Waals surface area (Å²) in [6.07, 6.45) is 2.46. The molecule has 0 radical (unpaired) electrons. The largest absolute Gasteiger partial charge is 0.383 e. The minimum Gasteiger partial charge on any atom is -0.383 e. The lowest BCUT2D eigenvalue weighted by atomic mass is 10.1. The third-order valence-electron chi connectivity index (χ3n) is 2.64. The Balaban J connectivity index is 2.63. The molecular formula is C13H21N. The Hall–Kier alpha value is -0.980. The Morgan fingerprint density at radius 1 is 1.21 bits per heavy atom. The smallest absolute Gasteiger partial charge is 0.0345 e. The van der Waals surface area contributed by atoms with E-state index in [0.717, 1.165) is 0 Å². The zero-order chi connectivity index (χ0) is 10.6. The van der Waals surface area contributed by atoms with E-state index in [4.69, 9.17) is 0 Å². The number of benzene rings is 1. The van der Waals surface area contributed by atoms with Crippen LogP contribution in [0.25, 0.3) is 0 Å². The van der Waals surface area contributed by atoms with Crippen molar-refractivity contribution < 1.29 is 0 Å². The van der Waals surface area contributed by atoms with E-state index in [-0.39, 0.29) is 0 Å². The van der Waals surface area contributed by atoms with E-state index >= 15 is 0 Å². The van der Waals surface area contributed by atoms with Gasteiger partial charge in [0, 0.05) is 11.7 Å². The summed E-state index contributed by atoms with van der Waals surface area (Å²) in [4.78, 5) is 0. The maximum absolute atomic E-state index is 3.51. The van der Waals surface area contributed by atoms with Gasteiger partial charge in [0.2, 0.25) is 0 Å². The van der Waals surface area contributed by atoms with Crippen LogP contribution in [-0.2, 0) is 0 Å². The topological polar surface area (TPSA) is 12.0 Å². The highest BCUT2D eigenvalue weighted by Crippen LogP contribution is 2.15. The van der Waals surface area contributed by atoms with Gasteiger partial charge < -0.3 is 5.32 Å². The molecule has 0 fully saturated rings. The van der Waals surface area contributed by atoms with Crippen LogP contribution in [0, 0.1) is 13.8 Å². The highest BCUT2D eigenvalue weighted by atomic mass is 14.9. The molecule has 1 rings (SSSR count). The zero-order valence-electron chi connectivity index (χ0n) is 9.72. The molecule has 1 heteroatoms. The molecule has 0 saturated carbocycles. The molecule has 1 N–H and O–H groups in total. The number of nitrogens with one attached hydrogen (secondary N) is 1. The molecule has 0 unspecified atom stereocenters.